The summed E-state index contributed by atoms with van der Waals surface area (Å²) in [4.78, 5) is 10.2. The van der Waals surface area contributed by atoms with E-state index in [2.05, 4.69) is 6.58 Å². The van der Waals surface area contributed by atoms with Crippen LogP contribution in [0, 0.1) is 0 Å². The molecule has 0 saturated carbocycles. The molecule has 0 aliphatic carbocycles. The van der Waals surface area contributed by atoms with E-state index >= 15 is 0 Å². The average Bonchev–Trinajstić information content (AvgIpc) is 2.17. The molecule has 0 unspecified atom stereocenters. The highest BCUT2D eigenvalue weighted by atomic mass is 19.1. The van der Waals surface area contributed by atoms with Crippen LogP contribution >= 0.6 is 0 Å². The number of nitrogens with two attached hydrogens (primary N) is 1. The minimum absolute atomic E-state index is 0.105. The van der Waals surface area contributed by atoms with Gasteiger partial charge in [-0.25, -0.2) is 4.39 Å². The molecular weight excluding hydrogens is 169 g/mol. The molecule has 0 aromatic heterocycles. The third kappa shape index (κ3) is 4.06. The molecule has 13 heavy (non-hydrogen) atoms. The predicted molar refractivity (Wildman–Crippen MR) is 51.5 cm³/mol. The van der Waals surface area contributed by atoms with E-state index < -0.39 is 0 Å². The first-order valence-corrected chi connectivity index (χ1v) is 3.74. The Morgan fingerprint density at radius 2 is 2.23 bits per heavy atom. The highest BCUT2D eigenvalue weighted by molar-refractivity contribution is 5.59. The van der Waals surface area contributed by atoms with Gasteiger partial charge in [-0.15, -0.1) is 0 Å². The predicted octanol–water partition coefficient (Wildman–Crippen LogP) is 2.01. The quantitative estimate of drug-likeness (QED) is 0.520. The first-order chi connectivity index (χ1) is 6.29. The summed E-state index contributed by atoms with van der Waals surface area (Å²) in [5.41, 5.74) is 5.96. The van der Waals surface area contributed by atoms with Crippen molar-refractivity contribution in [1.82, 2.24) is 0 Å². The summed E-state index contributed by atoms with van der Waals surface area (Å²) in [6, 6.07) is 0. The van der Waals surface area contributed by atoms with Gasteiger partial charge in [-0.05, 0) is 11.8 Å². The van der Waals surface area contributed by atoms with Crippen molar-refractivity contribution in [1.29, 1.82) is 0 Å². The molecule has 0 bridgehead atoms. The maximum atomic E-state index is 12.3. The topological polar surface area (TPSA) is 43.1 Å². The van der Waals surface area contributed by atoms with E-state index in [1.54, 1.807) is 6.08 Å². The molecule has 0 fully saturated rings. The summed E-state index contributed by atoms with van der Waals surface area (Å²) in [6.45, 7) is 3.44. The van der Waals surface area contributed by atoms with Crippen LogP contribution in [-0.4, -0.2) is 6.29 Å². The van der Waals surface area contributed by atoms with Gasteiger partial charge in [-0.3, -0.25) is 0 Å². The summed E-state index contributed by atoms with van der Waals surface area (Å²) < 4.78 is 12.3. The number of halogens is 1. The standard InChI is InChI=1S/C10H12FNO/c1-2-3-4-9(7-11)10(8-12)5-6-13/h2-4,6-8H,1,5,12H2/b4-3-,9-7+,10-8-. The number of rotatable bonds is 5. The van der Waals surface area contributed by atoms with Crippen LogP contribution in [0.15, 0.2) is 48.5 Å². The molecule has 0 heterocycles. The molecule has 0 aliphatic rings. The number of hydrogen-bond donors (Lipinski definition) is 1. The molecule has 0 spiro atoms. The number of carbonyl (C=O) groups excluding carboxylic acids is 1. The summed E-state index contributed by atoms with van der Waals surface area (Å²) in [5, 5.41) is 0. The zero-order valence-electron chi connectivity index (χ0n) is 7.24. The van der Waals surface area contributed by atoms with Crippen LogP contribution in [0.2, 0.25) is 0 Å². The molecule has 0 aliphatic heterocycles. The van der Waals surface area contributed by atoms with Gasteiger partial charge >= 0.3 is 0 Å². The monoisotopic (exact) mass is 181 g/mol. The molecule has 70 valence electrons. The highest BCUT2D eigenvalue weighted by Gasteiger charge is 2.00. The zero-order chi connectivity index (χ0) is 10.1. The highest BCUT2D eigenvalue weighted by Crippen LogP contribution is 2.13. The van der Waals surface area contributed by atoms with Crippen molar-refractivity contribution < 1.29 is 9.18 Å². The van der Waals surface area contributed by atoms with Gasteiger partial charge in [-0.1, -0.05) is 24.8 Å². The first-order valence-electron chi connectivity index (χ1n) is 3.74. The Labute approximate surface area is 76.9 Å². The Hall–Kier alpha value is -1.64. The van der Waals surface area contributed by atoms with Crippen LogP contribution in [0.3, 0.4) is 0 Å². The molecular formula is C10H12FNO. The summed E-state index contributed by atoms with van der Waals surface area (Å²) in [7, 11) is 0. The Morgan fingerprint density at radius 1 is 1.54 bits per heavy atom. The van der Waals surface area contributed by atoms with Crippen LogP contribution < -0.4 is 5.73 Å². The van der Waals surface area contributed by atoms with Gasteiger partial charge in [0, 0.05) is 12.0 Å². The van der Waals surface area contributed by atoms with E-state index in [4.69, 9.17) is 5.73 Å². The van der Waals surface area contributed by atoms with Crippen molar-refractivity contribution in [2.75, 3.05) is 0 Å². The minimum Gasteiger partial charge on any atom is -0.404 e. The lowest BCUT2D eigenvalue weighted by atomic mass is 10.1. The minimum atomic E-state index is 0.105. The van der Waals surface area contributed by atoms with Crippen LogP contribution in [0.4, 0.5) is 4.39 Å². The fourth-order valence-electron chi connectivity index (χ4n) is 0.757. The van der Waals surface area contributed by atoms with E-state index in [1.165, 1.54) is 18.4 Å². The second-order valence-corrected chi connectivity index (χ2v) is 2.22. The second kappa shape index (κ2) is 7.03. The Balaban J connectivity index is 4.65. The molecule has 0 atom stereocenters. The molecule has 0 saturated heterocycles. The maximum absolute atomic E-state index is 12.3. The summed E-state index contributed by atoms with van der Waals surface area (Å²) in [5.74, 6) is 0. The lowest BCUT2D eigenvalue weighted by molar-refractivity contribution is -0.107. The largest absolute Gasteiger partial charge is 0.404 e. The SMILES string of the molecule is C=C\C=C/C(=C\F)C(=C\N)/CC=O. The number of hydrogen-bond acceptors (Lipinski definition) is 2. The van der Waals surface area contributed by atoms with Crippen molar-refractivity contribution in [3.8, 4) is 0 Å². The van der Waals surface area contributed by atoms with Crippen molar-refractivity contribution >= 4 is 6.29 Å². The molecule has 3 heteroatoms. The fraction of sp³-hybridized carbons (Fsp3) is 0.100. The van der Waals surface area contributed by atoms with Crippen molar-refractivity contribution in [2.45, 2.75) is 6.42 Å². The molecule has 0 aromatic rings. The molecule has 2 N–H and O–H groups in total. The van der Waals surface area contributed by atoms with E-state index in [1.807, 2.05) is 0 Å². The molecule has 0 aromatic carbocycles. The Bertz CT molecular complexity index is 264. The van der Waals surface area contributed by atoms with Gasteiger partial charge in [-0.2, -0.15) is 0 Å². The van der Waals surface area contributed by atoms with Crippen LogP contribution in [0.5, 0.6) is 0 Å². The number of carbonyl (C=O) groups is 1. The Kier molecular flexibility index (Phi) is 6.15. The smallest absolute Gasteiger partial charge is 0.124 e. The van der Waals surface area contributed by atoms with E-state index in [9.17, 15) is 9.18 Å². The van der Waals surface area contributed by atoms with Crippen LogP contribution in [0.1, 0.15) is 6.42 Å². The van der Waals surface area contributed by atoms with Gasteiger partial charge in [0.1, 0.15) is 6.29 Å². The second-order valence-electron chi connectivity index (χ2n) is 2.22. The van der Waals surface area contributed by atoms with Crippen molar-refractivity contribution in [3.63, 3.8) is 0 Å². The van der Waals surface area contributed by atoms with E-state index in [0.29, 0.717) is 18.2 Å². The van der Waals surface area contributed by atoms with Crippen LogP contribution in [0.25, 0.3) is 0 Å². The van der Waals surface area contributed by atoms with Crippen molar-refractivity contribution in [3.05, 3.63) is 48.5 Å². The molecule has 0 rings (SSSR count). The lowest BCUT2D eigenvalue weighted by Crippen LogP contribution is -1.93. The Morgan fingerprint density at radius 3 is 2.62 bits per heavy atom. The van der Waals surface area contributed by atoms with Crippen molar-refractivity contribution in [2.24, 2.45) is 5.73 Å². The summed E-state index contributed by atoms with van der Waals surface area (Å²) >= 11 is 0. The van der Waals surface area contributed by atoms with Gasteiger partial charge in [0.15, 0.2) is 0 Å². The molecule has 2 nitrogen and oxygen atoms in total. The number of allylic oxidation sites excluding steroid dienone is 5. The van der Waals surface area contributed by atoms with E-state index in [0.717, 1.165) is 0 Å². The third-order valence-corrected chi connectivity index (χ3v) is 1.40. The maximum Gasteiger partial charge on any atom is 0.124 e. The molecule has 0 radical (unpaired) electrons. The average molecular weight is 181 g/mol. The lowest BCUT2D eigenvalue weighted by Gasteiger charge is -2.00. The molecule has 0 amide bonds. The normalized spacial score (nSPS) is 13.3. The number of aldehydes is 1. The van der Waals surface area contributed by atoms with Crippen LogP contribution in [-0.2, 0) is 4.79 Å². The van der Waals surface area contributed by atoms with Gasteiger partial charge in [0.2, 0.25) is 0 Å². The summed E-state index contributed by atoms with van der Waals surface area (Å²) in [6.07, 6.45) is 6.97. The van der Waals surface area contributed by atoms with E-state index in [-0.39, 0.29) is 12.0 Å². The fourth-order valence-corrected chi connectivity index (χ4v) is 0.757. The third-order valence-electron chi connectivity index (χ3n) is 1.40. The van der Waals surface area contributed by atoms with Gasteiger partial charge in [0.25, 0.3) is 0 Å². The zero-order valence-corrected chi connectivity index (χ0v) is 7.24. The first kappa shape index (κ1) is 11.4. The van der Waals surface area contributed by atoms with Gasteiger partial charge in [0.05, 0.1) is 6.33 Å². The van der Waals surface area contributed by atoms with Gasteiger partial charge < -0.3 is 10.5 Å².